The lowest BCUT2D eigenvalue weighted by Crippen LogP contribution is -2.44. The second-order valence-corrected chi connectivity index (χ2v) is 6.25. The average Bonchev–Trinajstić information content (AvgIpc) is 2.73. The molecule has 1 aliphatic rings. The molecule has 0 aliphatic carbocycles. The largest absolute Gasteiger partial charge is 0.458 e. The van der Waals surface area contributed by atoms with Crippen LogP contribution in [-0.4, -0.2) is 49.4 Å². The summed E-state index contributed by atoms with van der Waals surface area (Å²) in [5.41, 5.74) is 1.78. The molecule has 0 bridgehead atoms. The number of hydrogen-bond donors (Lipinski definition) is 0. The molecule has 0 saturated carbocycles. The molecule has 142 valence electrons. The second kappa shape index (κ2) is 9.73. The molecule has 27 heavy (non-hydrogen) atoms. The lowest BCUT2D eigenvalue weighted by Gasteiger charge is -2.27. The predicted octanol–water partition coefficient (Wildman–Crippen LogP) is 2.81. The van der Waals surface area contributed by atoms with Crippen LogP contribution >= 0.6 is 0 Å². The zero-order valence-electron chi connectivity index (χ0n) is 15.1. The van der Waals surface area contributed by atoms with Crippen molar-refractivity contribution in [2.24, 2.45) is 0 Å². The average molecular weight is 369 g/mol. The molecule has 1 heterocycles. The Balaban J connectivity index is 1.64. The SMILES string of the molecule is O=C(OCc1ccccc1)C(Cc1ccccc1)OC(=O)N1CCOCC1. The van der Waals surface area contributed by atoms with Gasteiger partial charge in [-0.15, -0.1) is 0 Å². The van der Waals surface area contributed by atoms with Crippen molar-refractivity contribution in [3.63, 3.8) is 0 Å². The minimum absolute atomic E-state index is 0.139. The van der Waals surface area contributed by atoms with Crippen molar-refractivity contribution in [1.29, 1.82) is 0 Å². The van der Waals surface area contributed by atoms with Crippen LogP contribution in [0.5, 0.6) is 0 Å². The van der Waals surface area contributed by atoms with E-state index in [2.05, 4.69) is 0 Å². The predicted molar refractivity (Wildman–Crippen MR) is 99.0 cm³/mol. The Bertz CT molecular complexity index is 729. The third-order valence-corrected chi connectivity index (χ3v) is 4.26. The number of benzene rings is 2. The lowest BCUT2D eigenvalue weighted by molar-refractivity contribution is -0.155. The molecule has 0 radical (unpaired) electrons. The Kier molecular flexibility index (Phi) is 6.82. The number of ether oxygens (including phenoxy) is 3. The summed E-state index contributed by atoms with van der Waals surface area (Å²) in [7, 11) is 0. The van der Waals surface area contributed by atoms with E-state index in [0.29, 0.717) is 26.3 Å². The van der Waals surface area contributed by atoms with E-state index in [0.717, 1.165) is 11.1 Å². The summed E-state index contributed by atoms with van der Waals surface area (Å²) in [4.78, 5) is 26.6. The highest BCUT2D eigenvalue weighted by Crippen LogP contribution is 2.12. The highest BCUT2D eigenvalue weighted by molar-refractivity contribution is 5.79. The lowest BCUT2D eigenvalue weighted by atomic mass is 10.1. The fourth-order valence-electron chi connectivity index (χ4n) is 2.77. The summed E-state index contributed by atoms with van der Waals surface area (Å²) in [5.74, 6) is -0.552. The number of morpholine rings is 1. The fourth-order valence-corrected chi connectivity index (χ4v) is 2.77. The molecule has 6 heteroatoms. The summed E-state index contributed by atoms with van der Waals surface area (Å²) in [6.07, 6.45) is -1.24. The third kappa shape index (κ3) is 5.82. The van der Waals surface area contributed by atoms with E-state index < -0.39 is 18.2 Å². The first-order chi connectivity index (χ1) is 13.2. The van der Waals surface area contributed by atoms with Gasteiger partial charge in [-0.3, -0.25) is 0 Å². The van der Waals surface area contributed by atoms with E-state index >= 15 is 0 Å². The maximum absolute atomic E-state index is 12.6. The van der Waals surface area contributed by atoms with Crippen LogP contribution in [0.25, 0.3) is 0 Å². The number of amides is 1. The molecule has 1 saturated heterocycles. The van der Waals surface area contributed by atoms with Crippen molar-refractivity contribution in [2.75, 3.05) is 26.3 Å². The van der Waals surface area contributed by atoms with E-state index in [1.807, 2.05) is 60.7 Å². The van der Waals surface area contributed by atoms with Crippen molar-refractivity contribution in [2.45, 2.75) is 19.1 Å². The van der Waals surface area contributed by atoms with Crippen molar-refractivity contribution >= 4 is 12.1 Å². The van der Waals surface area contributed by atoms with Crippen LogP contribution in [0.1, 0.15) is 11.1 Å². The van der Waals surface area contributed by atoms with E-state index in [1.54, 1.807) is 4.90 Å². The molecular formula is C21H23NO5. The highest BCUT2D eigenvalue weighted by atomic mass is 16.6. The maximum Gasteiger partial charge on any atom is 0.410 e. The van der Waals surface area contributed by atoms with Crippen LogP contribution < -0.4 is 0 Å². The molecular weight excluding hydrogens is 346 g/mol. The molecule has 6 nitrogen and oxygen atoms in total. The quantitative estimate of drug-likeness (QED) is 0.733. The first-order valence-corrected chi connectivity index (χ1v) is 9.00. The van der Waals surface area contributed by atoms with Gasteiger partial charge in [0.1, 0.15) is 6.61 Å². The number of nitrogens with zero attached hydrogens (tertiary/aromatic N) is 1. The van der Waals surface area contributed by atoms with Crippen molar-refractivity contribution < 1.29 is 23.8 Å². The maximum atomic E-state index is 12.6. The van der Waals surface area contributed by atoms with Crippen LogP contribution in [0.3, 0.4) is 0 Å². The van der Waals surface area contributed by atoms with Gasteiger partial charge in [-0.25, -0.2) is 9.59 Å². The highest BCUT2D eigenvalue weighted by Gasteiger charge is 2.28. The molecule has 2 aromatic carbocycles. The fraction of sp³-hybridized carbons (Fsp3) is 0.333. The zero-order valence-corrected chi connectivity index (χ0v) is 15.1. The molecule has 0 spiro atoms. The molecule has 1 aliphatic heterocycles. The van der Waals surface area contributed by atoms with Gasteiger partial charge in [0, 0.05) is 19.5 Å². The minimum atomic E-state index is -0.994. The normalized spacial score (nSPS) is 15.0. The molecule has 1 unspecified atom stereocenters. The summed E-state index contributed by atoms with van der Waals surface area (Å²) in [6.45, 7) is 1.99. The molecule has 0 aromatic heterocycles. The first kappa shape index (κ1) is 18.9. The second-order valence-electron chi connectivity index (χ2n) is 6.25. The molecule has 0 N–H and O–H groups in total. The summed E-state index contributed by atoms with van der Waals surface area (Å²) in [6, 6.07) is 18.8. The minimum Gasteiger partial charge on any atom is -0.458 e. The van der Waals surface area contributed by atoms with Crippen molar-refractivity contribution in [3.05, 3.63) is 71.8 Å². The Labute approximate surface area is 158 Å². The number of hydrogen-bond acceptors (Lipinski definition) is 5. The summed E-state index contributed by atoms with van der Waals surface area (Å²) < 4.78 is 16.1. The van der Waals surface area contributed by atoms with E-state index in [4.69, 9.17) is 14.2 Å². The van der Waals surface area contributed by atoms with E-state index in [9.17, 15) is 9.59 Å². The van der Waals surface area contributed by atoms with E-state index in [-0.39, 0.29) is 13.0 Å². The van der Waals surface area contributed by atoms with Gasteiger partial charge in [0.2, 0.25) is 6.10 Å². The zero-order chi connectivity index (χ0) is 18.9. The van der Waals surface area contributed by atoms with Gasteiger partial charge in [0.05, 0.1) is 13.2 Å². The number of carbonyl (C=O) groups excluding carboxylic acids is 2. The Hall–Kier alpha value is -2.86. The van der Waals surface area contributed by atoms with Gasteiger partial charge in [-0.2, -0.15) is 0 Å². The van der Waals surface area contributed by atoms with Gasteiger partial charge in [-0.05, 0) is 11.1 Å². The Morgan fingerprint density at radius 3 is 2.15 bits per heavy atom. The standard InChI is InChI=1S/C21H23NO5/c23-20(26-16-18-9-5-2-6-10-18)19(15-17-7-3-1-4-8-17)27-21(24)22-11-13-25-14-12-22/h1-10,19H,11-16H2. The molecule has 2 aromatic rings. The van der Waals surface area contributed by atoms with Gasteiger partial charge < -0.3 is 19.1 Å². The molecule has 1 atom stereocenters. The summed E-state index contributed by atoms with van der Waals surface area (Å²) in [5, 5.41) is 0. The Morgan fingerprint density at radius 2 is 1.52 bits per heavy atom. The molecule has 1 fully saturated rings. The topological polar surface area (TPSA) is 65.1 Å². The van der Waals surface area contributed by atoms with Crippen LogP contribution in [0.15, 0.2) is 60.7 Å². The molecule has 3 rings (SSSR count). The molecule has 1 amide bonds. The van der Waals surface area contributed by atoms with Crippen LogP contribution in [0.2, 0.25) is 0 Å². The van der Waals surface area contributed by atoms with E-state index in [1.165, 1.54) is 0 Å². The number of carbonyl (C=O) groups is 2. The van der Waals surface area contributed by atoms with Gasteiger partial charge in [0.25, 0.3) is 0 Å². The first-order valence-electron chi connectivity index (χ1n) is 9.00. The van der Waals surface area contributed by atoms with Gasteiger partial charge in [-0.1, -0.05) is 60.7 Å². The smallest absolute Gasteiger partial charge is 0.410 e. The Morgan fingerprint density at radius 1 is 0.926 bits per heavy atom. The number of rotatable bonds is 6. The van der Waals surface area contributed by atoms with Crippen molar-refractivity contribution in [1.82, 2.24) is 4.90 Å². The monoisotopic (exact) mass is 369 g/mol. The summed E-state index contributed by atoms with van der Waals surface area (Å²) >= 11 is 0. The van der Waals surface area contributed by atoms with Gasteiger partial charge in [0.15, 0.2) is 0 Å². The number of esters is 1. The van der Waals surface area contributed by atoms with Crippen LogP contribution in [0.4, 0.5) is 4.79 Å². The third-order valence-electron chi connectivity index (χ3n) is 4.26. The van der Waals surface area contributed by atoms with Crippen molar-refractivity contribution in [3.8, 4) is 0 Å². The van der Waals surface area contributed by atoms with Crippen LogP contribution in [-0.2, 0) is 32.0 Å². The van der Waals surface area contributed by atoms with Crippen LogP contribution in [0, 0.1) is 0 Å². The van der Waals surface area contributed by atoms with Gasteiger partial charge >= 0.3 is 12.1 Å².